The van der Waals surface area contributed by atoms with Crippen LogP contribution in [-0.2, 0) is 6.54 Å². The van der Waals surface area contributed by atoms with Gasteiger partial charge in [0, 0.05) is 21.8 Å². The van der Waals surface area contributed by atoms with E-state index in [4.69, 9.17) is 15.2 Å². The Morgan fingerprint density at radius 3 is 2.54 bits per heavy atom. The highest BCUT2D eigenvalue weighted by atomic mass is 127. The van der Waals surface area contributed by atoms with Gasteiger partial charge in [-0.2, -0.15) is 0 Å². The number of anilines is 1. The molecule has 5 nitrogen and oxygen atoms in total. The van der Waals surface area contributed by atoms with Gasteiger partial charge in [0.2, 0.25) is 0 Å². The number of methoxy groups -OCH3 is 2. The first-order valence-electron chi connectivity index (χ1n) is 6.76. The van der Waals surface area contributed by atoms with Crippen LogP contribution in [0.5, 0.6) is 11.5 Å². The molecule has 2 aromatic rings. The Bertz CT molecular complexity index is 728. The Hall–Kier alpha value is -1.55. The summed E-state index contributed by atoms with van der Waals surface area (Å²) in [7, 11) is 3.11. The van der Waals surface area contributed by atoms with Crippen molar-refractivity contribution in [2.24, 2.45) is 10.7 Å². The lowest BCUT2D eigenvalue weighted by molar-refractivity contribution is 0.355. The van der Waals surface area contributed by atoms with E-state index in [0.717, 1.165) is 4.47 Å². The molecule has 0 amide bonds. The van der Waals surface area contributed by atoms with Crippen LogP contribution in [0.15, 0.2) is 45.9 Å². The third kappa shape index (κ3) is 5.52. The van der Waals surface area contributed by atoms with E-state index in [-0.39, 0.29) is 42.3 Å². The summed E-state index contributed by atoms with van der Waals surface area (Å²) < 4.78 is 24.8. The average Bonchev–Trinajstić information content (AvgIpc) is 2.55. The van der Waals surface area contributed by atoms with Crippen molar-refractivity contribution < 1.29 is 13.9 Å². The third-order valence-corrected chi connectivity index (χ3v) is 3.58. The monoisotopic (exact) mass is 509 g/mol. The van der Waals surface area contributed by atoms with Crippen molar-refractivity contribution in [1.29, 1.82) is 0 Å². The highest BCUT2D eigenvalue weighted by Crippen LogP contribution is 2.29. The van der Waals surface area contributed by atoms with Gasteiger partial charge < -0.3 is 20.5 Å². The first-order chi connectivity index (χ1) is 11.0. The summed E-state index contributed by atoms with van der Waals surface area (Å²) in [6.07, 6.45) is 0. The van der Waals surface area contributed by atoms with Crippen LogP contribution < -0.4 is 20.5 Å². The number of aliphatic imine (C=N–C) groups is 1. The second-order valence-corrected chi connectivity index (χ2v) is 5.55. The number of guanidine groups is 1. The highest BCUT2D eigenvalue weighted by Gasteiger charge is 2.06. The molecule has 0 saturated carbocycles. The van der Waals surface area contributed by atoms with Gasteiger partial charge in [0.15, 0.2) is 17.5 Å². The number of hydrogen-bond donors (Lipinski definition) is 2. The summed E-state index contributed by atoms with van der Waals surface area (Å²) in [6, 6.07) is 9.95. The minimum absolute atomic E-state index is 0. The van der Waals surface area contributed by atoms with Gasteiger partial charge in [0.25, 0.3) is 0 Å². The van der Waals surface area contributed by atoms with E-state index in [1.807, 2.05) is 0 Å². The van der Waals surface area contributed by atoms with E-state index >= 15 is 0 Å². The van der Waals surface area contributed by atoms with Gasteiger partial charge >= 0.3 is 0 Å². The standard InChI is InChI=1S/C16H17BrFN3O2.HI/c1-22-14-6-4-12(8-15(14)23-2)21-16(19)20-9-10-7-11(17)3-5-13(10)18;/h3-8H,9H2,1-2H3,(H3,19,20,21);1H. The average molecular weight is 510 g/mol. The van der Waals surface area contributed by atoms with Gasteiger partial charge in [-0.1, -0.05) is 15.9 Å². The van der Waals surface area contributed by atoms with Crippen molar-refractivity contribution >= 4 is 51.6 Å². The Balaban J connectivity index is 0.00000288. The predicted molar refractivity (Wildman–Crippen MR) is 108 cm³/mol. The lowest BCUT2D eigenvalue weighted by atomic mass is 10.2. The Morgan fingerprint density at radius 2 is 1.88 bits per heavy atom. The van der Waals surface area contributed by atoms with Crippen LogP contribution in [0.4, 0.5) is 10.1 Å². The predicted octanol–water partition coefficient (Wildman–Crippen LogP) is 4.15. The lowest BCUT2D eigenvalue weighted by Crippen LogP contribution is -2.22. The molecule has 0 heterocycles. The molecule has 0 aromatic heterocycles. The van der Waals surface area contributed by atoms with Crippen LogP contribution >= 0.6 is 39.9 Å². The van der Waals surface area contributed by atoms with Crippen molar-refractivity contribution in [3.8, 4) is 11.5 Å². The molecule has 0 saturated heterocycles. The number of halogens is 3. The van der Waals surface area contributed by atoms with Crippen molar-refractivity contribution in [3.63, 3.8) is 0 Å². The molecule has 0 bridgehead atoms. The number of hydrogen-bond acceptors (Lipinski definition) is 3. The fourth-order valence-electron chi connectivity index (χ4n) is 1.94. The molecule has 0 radical (unpaired) electrons. The SMILES string of the molecule is COc1ccc(NC(N)=NCc2cc(Br)ccc2F)cc1OC.I. The Kier molecular flexibility index (Phi) is 8.26. The van der Waals surface area contributed by atoms with Crippen LogP contribution in [0.2, 0.25) is 0 Å². The number of nitrogens with two attached hydrogens (primary N) is 1. The molecular formula is C16H18BrFIN3O2. The number of nitrogens with zero attached hydrogens (tertiary/aromatic N) is 1. The summed E-state index contributed by atoms with van der Waals surface area (Å²) in [4.78, 5) is 4.14. The Labute approximate surface area is 165 Å². The smallest absolute Gasteiger partial charge is 0.193 e. The summed E-state index contributed by atoms with van der Waals surface area (Å²) in [5, 5.41) is 2.93. The van der Waals surface area contributed by atoms with Crippen molar-refractivity contribution in [3.05, 3.63) is 52.3 Å². The van der Waals surface area contributed by atoms with Crippen molar-refractivity contribution in [2.45, 2.75) is 6.54 Å². The number of nitrogens with one attached hydrogen (secondary N) is 1. The maximum atomic E-state index is 13.6. The fourth-order valence-corrected chi connectivity index (χ4v) is 2.34. The molecule has 0 spiro atoms. The number of rotatable bonds is 5. The largest absolute Gasteiger partial charge is 0.493 e. The van der Waals surface area contributed by atoms with Crippen molar-refractivity contribution in [2.75, 3.05) is 19.5 Å². The van der Waals surface area contributed by atoms with Crippen LogP contribution in [0.25, 0.3) is 0 Å². The van der Waals surface area contributed by atoms with Crippen molar-refractivity contribution in [1.82, 2.24) is 0 Å². The van der Waals surface area contributed by atoms with Gasteiger partial charge in [-0.05, 0) is 30.3 Å². The minimum Gasteiger partial charge on any atom is -0.493 e. The Morgan fingerprint density at radius 1 is 1.17 bits per heavy atom. The number of ether oxygens (including phenoxy) is 2. The molecule has 2 rings (SSSR count). The van der Waals surface area contributed by atoms with E-state index in [2.05, 4.69) is 26.2 Å². The molecular weight excluding hydrogens is 492 g/mol. The molecule has 130 valence electrons. The normalized spacial score (nSPS) is 10.8. The molecule has 0 atom stereocenters. The zero-order valence-corrected chi connectivity index (χ0v) is 17.1. The van der Waals surface area contributed by atoms with Gasteiger partial charge in [-0.25, -0.2) is 9.38 Å². The second kappa shape index (κ2) is 9.67. The fraction of sp³-hybridized carbons (Fsp3) is 0.188. The molecule has 8 heteroatoms. The first-order valence-corrected chi connectivity index (χ1v) is 7.55. The quantitative estimate of drug-likeness (QED) is 0.361. The topological polar surface area (TPSA) is 68.9 Å². The molecule has 0 unspecified atom stereocenters. The highest BCUT2D eigenvalue weighted by molar-refractivity contribution is 14.0. The first kappa shape index (κ1) is 20.5. The van der Waals surface area contributed by atoms with Gasteiger partial charge in [0.05, 0.1) is 20.8 Å². The lowest BCUT2D eigenvalue weighted by Gasteiger charge is -2.11. The van der Waals surface area contributed by atoms with E-state index in [1.165, 1.54) is 6.07 Å². The molecule has 0 aliphatic rings. The molecule has 3 N–H and O–H groups in total. The van der Waals surface area contributed by atoms with Crippen LogP contribution in [0.1, 0.15) is 5.56 Å². The summed E-state index contributed by atoms with van der Waals surface area (Å²) >= 11 is 3.30. The minimum atomic E-state index is -0.323. The van der Waals surface area contributed by atoms with E-state index in [9.17, 15) is 4.39 Å². The van der Waals surface area contributed by atoms with Gasteiger partial charge in [-0.3, -0.25) is 0 Å². The molecule has 24 heavy (non-hydrogen) atoms. The zero-order valence-electron chi connectivity index (χ0n) is 13.2. The molecule has 2 aromatic carbocycles. The van der Waals surface area contributed by atoms with E-state index in [0.29, 0.717) is 22.7 Å². The van der Waals surface area contributed by atoms with E-state index in [1.54, 1.807) is 44.6 Å². The number of benzene rings is 2. The van der Waals surface area contributed by atoms with Crippen LogP contribution in [0, 0.1) is 5.82 Å². The van der Waals surface area contributed by atoms with E-state index < -0.39 is 0 Å². The van der Waals surface area contributed by atoms with Crippen LogP contribution in [0.3, 0.4) is 0 Å². The molecule has 0 aliphatic carbocycles. The summed E-state index contributed by atoms with van der Waals surface area (Å²) in [5.41, 5.74) is 6.98. The van der Waals surface area contributed by atoms with Gasteiger partial charge in [-0.15, -0.1) is 24.0 Å². The molecule has 0 fully saturated rings. The summed E-state index contributed by atoms with van der Waals surface area (Å²) in [6.45, 7) is 0.136. The molecule has 0 aliphatic heterocycles. The van der Waals surface area contributed by atoms with Crippen LogP contribution in [-0.4, -0.2) is 20.2 Å². The van der Waals surface area contributed by atoms with Gasteiger partial charge in [0.1, 0.15) is 5.82 Å². The zero-order chi connectivity index (χ0) is 16.8. The maximum Gasteiger partial charge on any atom is 0.193 e. The third-order valence-electron chi connectivity index (χ3n) is 3.08. The summed E-state index contributed by atoms with van der Waals surface area (Å²) in [5.74, 6) is 1.04. The maximum absolute atomic E-state index is 13.6. The second-order valence-electron chi connectivity index (χ2n) is 4.63.